The van der Waals surface area contributed by atoms with Gasteiger partial charge in [-0.1, -0.05) is 6.07 Å². The lowest BCUT2D eigenvalue weighted by Gasteiger charge is -2.18. The first kappa shape index (κ1) is 21.3. The molecule has 150 valence electrons. The molecule has 0 aliphatic rings. The molecule has 0 unspecified atom stereocenters. The van der Waals surface area contributed by atoms with E-state index in [0.717, 1.165) is 24.3 Å². The topological polar surface area (TPSA) is 138 Å². The van der Waals surface area contributed by atoms with Crippen molar-refractivity contribution in [3.8, 4) is 5.88 Å². The van der Waals surface area contributed by atoms with E-state index in [4.69, 9.17) is 9.47 Å². The van der Waals surface area contributed by atoms with Gasteiger partial charge in [0.05, 0.1) is 36.0 Å². The van der Waals surface area contributed by atoms with Crippen molar-refractivity contribution in [3.63, 3.8) is 0 Å². The zero-order valence-electron chi connectivity index (χ0n) is 15.2. The molecule has 10 nitrogen and oxygen atoms in total. The molecule has 2 aromatic rings. The number of nitro benzene ring substituents is 1. The number of benzene rings is 1. The summed E-state index contributed by atoms with van der Waals surface area (Å²) in [6.45, 7) is 1.80. The van der Waals surface area contributed by atoms with Crippen molar-refractivity contribution in [3.05, 3.63) is 58.3 Å². The molecule has 0 bridgehead atoms. The molecule has 0 amide bonds. The number of methoxy groups -OCH3 is 1. The van der Waals surface area contributed by atoms with E-state index in [1.807, 2.05) is 0 Å². The van der Waals surface area contributed by atoms with Gasteiger partial charge in [0.25, 0.3) is 5.69 Å². The highest BCUT2D eigenvalue weighted by atomic mass is 32.2. The normalized spacial score (nSPS) is 12.2. The zero-order valence-corrected chi connectivity index (χ0v) is 16.0. The second-order valence-corrected chi connectivity index (χ2v) is 7.28. The number of carbonyl (C=O) groups is 1. The van der Waals surface area contributed by atoms with Crippen molar-refractivity contribution < 1.29 is 27.6 Å². The van der Waals surface area contributed by atoms with Crippen LogP contribution in [-0.2, 0) is 19.6 Å². The summed E-state index contributed by atoms with van der Waals surface area (Å²) in [6, 6.07) is 6.58. The van der Waals surface area contributed by atoms with Gasteiger partial charge in [0.2, 0.25) is 15.9 Å². The van der Waals surface area contributed by atoms with Crippen LogP contribution >= 0.6 is 0 Å². The average molecular weight is 409 g/mol. The lowest BCUT2D eigenvalue weighted by Crippen LogP contribution is -2.31. The summed E-state index contributed by atoms with van der Waals surface area (Å²) in [5.74, 6) is -0.258. The van der Waals surface area contributed by atoms with E-state index in [1.165, 1.54) is 19.4 Å². The van der Waals surface area contributed by atoms with Gasteiger partial charge in [-0.3, -0.25) is 14.9 Å². The molecule has 0 saturated heterocycles. The SMILES string of the molecule is CCOC(=O)C[C@H](NS(=O)(=O)c1ccc([N+](=O)[O-])cc1)c1ccc(OC)nc1. The molecule has 1 N–H and O–H groups in total. The van der Waals surface area contributed by atoms with Crippen molar-refractivity contribution in [1.29, 1.82) is 0 Å². The summed E-state index contributed by atoms with van der Waals surface area (Å²) in [7, 11) is -2.63. The summed E-state index contributed by atoms with van der Waals surface area (Å²) in [5, 5.41) is 10.7. The third-order valence-corrected chi connectivity index (χ3v) is 5.19. The van der Waals surface area contributed by atoms with Crippen molar-refractivity contribution in [2.24, 2.45) is 0 Å². The smallest absolute Gasteiger partial charge is 0.307 e. The number of aromatic nitrogens is 1. The van der Waals surface area contributed by atoms with Crippen molar-refractivity contribution in [2.45, 2.75) is 24.3 Å². The summed E-state index contributed by atoms with van der Waals surface area (Å²) < 4.78 is 37.7. The van der Waals surface area contributed by atoms with Crippen molar-refractivity contribution in [1.82, 2.24) is 9.71 Å². The molecule has 1 heterocycles. The Morgan fingerprint density at radius 2 is 1.93 bits per heavy atom. The van der Waals surface area contributed by atoms with E-state index in [0.29, 0.717) is 11.4 Å². The van der Waals surface area contributed by atoms with E-state index in [1.54, 1.807) is 13.0 Å². The van der Waals surface area contributed by atoms with Crippen LogP contribution in [-0.4, -0.2) is 38.0 Å². The molecule has 28 heavy (non-hydrogen) atoms. The first-order valence-electron chi connectivity index (χ1n) is 8.19. The molecule has 0 fully saturated rings. The second kappa shape index (κ2) is 9.24. The van der Waals surface area contributed by atoms with Crippen LogP contribution in [0.15, 0.2) is 47.5 Å². The highest BCUT2D eigenvalue weighted by molar-refractivity contribution is 7.89. The summed E-state index contributed by atoms with van der Waals surface area (Å²) >= 11 is 0. The first-order chi connectivity index (χ1) is 13.3. The molecular weight excluding hydrogens is 390 g/mol. The highest BCUT2D eigenvalue weighted by Gasteiger charge is 2.25. The number of pyridine rings is 1. The quantitative estimate of drug-likeness (QED) is 0.377. The maximum absolute atomic E-state index is 12.7. The molecular formula is C17H19N3O7S. The van der Waals surface area contributed by atoms with Crippen LogP contribution in [0.3, 0.4) is 0 Å². The Morgan fingerprint density at radius 3 is 2.43 bits per heavy atom. The van der Waals surface area contributed by atoms with Crippen LogP contribution in [0.1, 0.15) is 24.9 Å². The number of nitrogens with zero attached hydrogens (tertiary/aromatic N) is 2. The van der Waals surface area contributed by atoms with Crippen LogP contribution in [0, 0.1) is 10.1 Å². The summed E-state index contributed by atoms with van der Waals surface area (Å²) in [5.41, 5.74) is 0.195. The van der Waals surface area contributed by atoms with Gasteiger partial charge >= 0.3 is 5.97 Å². The monoisotopic (exact) mass is 409 g/mol. The number of sulfonamides is 1. The maximum atomic E-state index is 12.7. The Kier molecular flexibility index (Phi) is 7.01. The third kappa shape index (κ3) is 5.47. The molecule has 1 aromatic carbocycles. The van der Waals surface area contributed by atoms with Gasteiger partial charge in [0.1, 0.15) is 0 Å². The lowest BCUT2D eigenvalue weighted by atomic mass is 10.1. The number of ether oxygens (including phenoxy) is 2. The fourth-order valence-electron chi connectivity index (χ4n) is 2.34. The van der Waals surface area contributed by atoms with Gasteiger partial charge in [-0.2, -0.15) is 0 Å². The van der Waals surface area contributed by atoms with E-state index >= 15 is 0 Å². The standard InChI is InChI=1S/C17H19N3O7S/c1-3-27-17(21)10-15(12-4-9-16(26-2)18-11-12)19-28(24,25)14-7-5-13(6-8-14)20(22)23/h4-9,11,15,19H,3,10H2,1-2H3/t15-/m0/s1. The molecule has 2 rings (SSSR count). The van der Waals surface area contributed by atoms with Gasteiger partial charge in [0.15, 0.2) is 0 Å². The summed E-state index contributed by atoms with van der Waals surface area (Å²) in [4.78, 5) is 25.9. The van der Waals surface area contributed by atoms with Gasteiger partial charge in [-0.05, 0) is 24.6 Å². The minimum Gasteiger partial charge on any atom is -0.481 e. The first-order valence-corrected chi connectivity index (χ1v) is 9.67. The predicted octanol–water partition coefficient (Wildman–Crippen LogP) is 1.97. The molecule has 0 radical (unpaired) electrons. The number of carbonyl (C=O) groups excluding carboxylic acids is 1. The van der Waals surface area contributed by atoms with E-state index in [-0.39, 0.29) is 23.6 Å². The van der Waals surface area contributed by atoms with Gasteiger partial charge in [0, 0.05) is 24.4 Å². The third-order valence-electron chi connectivity index (χ3n) is 3.70. The van der Waals surface area contributed by atoms with E-state index in [9.17, 15) is 23.3 Å². The number of nitro groups is 1. The predicted molar refractivity (Wildman–Crippen MR) is 98.2 cm³/mol. The van der Waals surface area contributed by atoms with Crippen molar-refractivity contribution in [2.75, 3.05) is 13.7 Å². The Hall–Kier alpha value is -3.05. The van der Waals surface area contributed by atoms with Crippen LogP contribution in [0.2, 0.25) is 0 Å². The zero-order chi connectivity index (χ0) is 20.7. The number of non-ortho nitro benzene ring substituents is 1. The van der Waals surface area contributed by atoms with Gasteiger partial charge in [-0.15, -0.1) is 0 Å². The molecule has 1 aromatic heterocycles. The maximum Gasteiger partial charge on any atom is 0.307 e. The average Bonchev–Trinajstić information content (AvgIpc) is 2.67. The second-order valence-electron chi connectivity index (χ2n) is 5.57. The Morgan fingerprint density at radius 1 is 1.25 bits per heavy atom. The number of hydrogen-bond acceptors (Lipinski definition) is 8. The summed E-state index contributed by atoms with van der Waals surface area (Å²) in [6.07, 6.45) is 1.13. The molecule has 0 saturated carbocycles. The fraction of sp³-hybridized carbons (Fsp3) is 0.294. The largest absolute Gasteiger partial charge is 0.481 e. The molecule has 0 aliphatic carbocycles. The Labute approximate surface area is 161 Å². The molecule has 1 atom stereocenters. The lowest BCUT2D eigenvalue weighted by molar-refractivity contribution is -0.384. The fourth-order valence-corrected chi connectivity index (χ4v) is 3.56. The van der Waals surface area contributed by atoms with Gasteiger partial charge in [-0.25, -0.2) is 18.1 Å². The number of hydrogen-bond donors (Lipinski definition) is 1. The van der Waals surface area contributed by atoms with Crippen LogP contribution in [0.25, 0.3) is 0 Å². The molecule has 11 heteroatoms. The van der Waals surface area contributed by atoms with Crippen LogP contribution in [0.4, 0.5) is 5.69 Å². The van der Waals surface area contributed by atoms with Crippen LogP contribution < -0.4 is 9.46 Å². The Balaban J connectivity index is 2.30. The number of esters is 1. The minimum atomic E-state index is -4.07. The molecule has 0 aliphatic heterocycles. The highest BCUT2D eigenvalue weighted by Crippen LogP contribution is 2.23. The number of nitrogens with one attached hydrogen (secondary N) is 1. The number of rotatable bonds is 9. The van der Waals surface area contributed by atoms with E-state index < -0.39 is 27.0 Å². The Bertz CT molecular complexity index is 928. The molecule has 0 spiro atoms. The van der Waals surface area contributed by atoms with Crippen molar-refractivity contribution >= 4 is 21.7 Å². The van der Waals surface area contributed by atoms with E-state index in [2.05, 4.69) is 9.71 Å². The minimum absolute atomic E-state index is 0.154. The van der Waals surface area contributed by atoms with Gasteiger partial charge < -0.3 is 9.47 Å². The van der Waals surface area contributed by atoms with Crippen LogP contribution in [0.5, 0.6) is 5.88 Å².